The number of carbonyl (C=O) groups excluding carboxylic acids is 2. The second-order valence-electron chi connectivity index (χ2n) is 9.99. The first-order chi connectivity index (χ1) is 17.1. The van der Waals surface area contributed by atoms with E-state index in [4.69, 9.17) is 9.47 Å². The van der Waals surface area contributed by atoms with Crippen molar-refractivity contribution in [1.82, 2.24) is 30.2 Å². The Labute approximate surface area is 207 Å². The summed E-state index contributed by atoms with van der Waals surface area (Å²) in [4.78, 5) is 42.0. The molecule has 2 amide bonds. The first kappa shape index (κ1) is 26.0. The minimum Gasteiger partial charge on any atom is -0.444 e. The molecule has 198 valence electrons. The molecule has 0 aliphatic carbocycles. The molecule has 0 bridgehead atoms. The lowest BCUT2D eigenvalue weighted by Crippen LogP contribution is -2.66. The summed E-state index contributed by atoms with van der Waals surface area (Å²) < 4.78 is 11.2. The Bertz CT molecular complexity index is 1070. The van der Waals surface area contributed by atoms with Gasteiger partial charge in [0.1, 0.15) is 35.8 Å². The van der Waals surface area contributed by atoms with Crippen molar-refractivity contribution >= 4 is 29.0 Å². The van der Waals surface area contributed by atoms with Crippen LogP contribution in [0.3, 0.4) is 0 Å². The summed E-state index contributed by atoms with van der Waals surface area (Å²) in [5.74, 6) is -0.161. The highest BCUT2D eigenvalue weighted by molar-refractivity contribution is 5.82. The van der Waals surface area contributed by atoms with Gasteiger partial charge < -0.3 is 45.3 Å². The van der Waals surface area contributed by atoms with E-state index in [-0.39, 0.29) is 18.3 Å². The largest absolute Gasteiger partial charge is 0.444 e. The fraction of sp³-hybridized carbons (Fsp3) is 0.682. The summed E-state index contributed by atoms with van der Waals surface area (Å²) in [6.07, 6.45) is -1.47. The summed E-state index contributed by atoms with van der Waals surface area (Å²) >= 11 is 0. The Morgan fingerprint density at radius 1 is 1.25 bits per heavy atom. The maximum Gasteiger partial charge on any atom is 0.410 e. The number of nitrogens with one attached hydrogen (secondary N) is 3. The second-order valence-corrected chi connectivity index (χ2v) is 9.99. The molecule has 0 radical (unpaired) electrons. The number of anilines is 1. The number of rotatable bonds is 6. The van der Waals surface area contributed by atoms with Gasteiger partial charge in [-0.15, -0.1) is 0 Å². The molecule has 0 saturated carbocycles. The summed E-state index contributed by atoms with van der Waals surface area (Å²) in [6, 6.07) is -1.44. The Balaban J connectivity index is 1.39. The lowest BCUT2D eigenvalue weighted by Gasteiger charge is -2.43. The van der Waals surface area contributed by atoms with Gasteiger partial charge in [-0.25, -0.2) is 19.7 Å². The van der Waals surface area contributed by atoms with E-state index in [1.54, 1.807) is 20.8 Å². The molecule has 2 fully saturated rings. The Morgan fingerprint density at radius 2 is 2.03 bits per heavy atom. The lowest BCUT2D eigenvalue weighted by molar-refractivity contribution is -0.185. The van der Waals surface area contributed by atoms with Crippen LogP contribution in [0, 0.1) is 0 Å². The van der Waals surface area contributed by atoms with Gasteiger partial charge in [-0.2, -0.15) is 0 Å². The average molecular weight is 508 g/mol. The molecule has 2 aromatic rings. The maximum atomic E-state index is 12.9. The zero-order valence-electron chi connectivity index (χ0n) is 20.4. The molecule has 2 aromatic heterocycles. The van der Waals surface area contributed by atoms with Crippen molar-refractivity contribution in [2.24, 2.45) is 0 Å². The van der Waals surface area contributed by atoms with Gasteiger partial charge in [-0.3, -0.25) is 4.79 Å². The third-order valence-electron chi connectivity index (χ3n) is 6.19. The standard InChI is InChI=1S/C22H33N7O7/c1-22(2,3)36-21(34)29-6-4-5-11(29)7-13(31)27-14-12(8-30)35-20(17(33)16(14)32)28-19-15-18(24-9-23-15)25-10-26-19/h9-12,14,16-17,20,30,32-33H,4-8H2,1-3H3,(H,27,31)(H2,23,24,25,26,28)/t11-,12-,14-,16+,17-,20?/m0/s1. The van der Waals surface area contributed by atoms with E-state index in [1.807, 2.05) is 0 Å². The first-order valence-corrected chi connectivity index (χ1v) is 11.9. The van der Waals surface area contributed by atoms with E-state index >= 15 is 0 Å². The van der Waals surface area contributed by atoms with Crippen LogP contribution in [-0.2, 0) is 14.3 Å². The fourth-order valence-electron chi connectivity index (χ4n) is 4.50. The van der Waals surface area contributed by atoms with Crippen LogP contribution in [0.25, 0.3) is 11.2 Å². The Morgan fingerprint density at radius 3 is 2.75 bits per heavy atom. The normalized spacial score (nSPS) is 28.8. The van der Waals surface area contributed by atoms with E-state index in [1.165, 1.54) is 17.6 Å². The summed E-state index contributed by atoms with van der Waals surface area (Å²) in [7, 11) is 0. The molecule has 14 heteroatoms. The van der Waals surface area contributed by atoms with E-state index in [0.29, 0.717) is 24.1 Å². The number of aliphatic hydroxyl groups is 3. The van der Waals surface area contributed by atoms with Crippen LogP contribution >= 0.6 is 0 Å². The van der Waals surface area contributed by atoms with Gasteiger partial charge >= 0.3 is 6.09 Å². The van der Waals surface area contributed by atoms with Crippen molar-refractivity contribution in [3.05, 3.63) is 12.7 Å². The lowest BCUT2D eigenvalue weighted by atomic mass is 9.95. The molecule has 2 aliphatic heterocycles. The molecule has 0 aromatic carbocycles. The molecule has 1 unspecified atom stereocenters. The van der Waals surface area contributed by atoms with Gasteiger partial charge in [-0.05, 0) is 33.6 Å². The van der Waals surface area contributed by atoms with Crippen molar-refractivity contribution in [2.45, 2.75) is 82.3 Å². The second kappa shape index (κ2) is 10.5. The number of amides is 2. The molecule has 6 N–H and O–H groups in total. The molecule has 0 spiro atoms. The molecule has 2 aliphatic rings. The number of likely N-dealkylation sites (tertiary alicyclic amines) is 1. The zero-order chi connectivity index (χ0) is 26.0. The number of nitrogens with zero attached hydrogens (tertiary/aromatic N) is 4. The molecular formula is C22H33N7O7. The fourth-order valence-corrected chi connectivity index (χ4v) is 4.50. The quantitative estimate of drug-likeness (QED) is 0.294. The third kappa shape index (κ3) is 5.67. The highest BCUT2D eigenvalue weighted by Crippen LogP contribution is 2.26. The first-order valence-electron chi connectivity index (χ1n) is 11.9. The number of hydrogen-bond donors (Lipinski definition) is 6. The van der Waals surface area contributed by atoms with E-state index < -0.39 is 54.8 Å². The van der Waals surface area contributed by atoms with Crippen LogP contribution in [0.4, 0.5) is 10.6 Å². The summed E-state index contributed by atoms with van der Waals surface area (Å²) in [5.41, 5.74) is 0.222. The number of ether oxygens (including phenoxy) is 2. The number of aliphatic hydroxyl groups excluding tert-OH is 3. The average Bonchev–Trinajstić information content (AvgIpc) is 3.47. The van der Waals surface area contributed by atoms with Crippen molar-refractivity contribution < 1.29 is 34.4 Å². The van der Waals surface area contributed by atoms with Gasteiger partial charge in [0.2, 0.25) is 5.91 Å². The van der Waals surface area contributed by atoms with E-state index in [9.17, 15) is 24.9 Å². The smallest absolute Gasteiger partial charge is 0.410 e. The molecular weight excluding hydrogens is 474 g/mol. The summed E-state index contributed by atoms with van der Waals surface area (Å²) in [5, 5.41) is 37.0. The van der Waals surface area contributed by atoms with E-state index in [2.05, 4.69) is 30.6 Å². The Kier molecular flexibility index (Phi) is 7.59. The number of imidazole rings is 1. The number of aromatic nitrogens is 4. The van der Waals surface area contributed by atoms with Gasteiger partial charge in [0, 0.05) is 19.0 Å². The molecule has 4 rings (SSSR count). The zero-order valence-corrected chi connectivity index (χ0v) is 20.4. The van der Waals surface area contributed by atoms with Crippen LogP contribution in [0.1, 0.15) is 40.0 Å². The van der Waals surface area contributed by atoms with Crippen LogP contribution in [0.15, 0.2) is 12.7 Å². The number of hydrogen-bond acceptors (Lipinski definition) is 11. The van der Waals surface area contributed by atoms with Gasteiger partial charge in [0.15, 0.2) is 17.7 Å². The van der Waals surface area contributed by atoms with Gasteiger partial charge in [0.05, 0.1) is 19.0 Å². The van der Waals surface area contributed by atoms with Crippen molar-refractivity contribution in [2.75, 3.05) is 18.5 Å². The van der Waals surface area contributed by atoms with Crippen LogP contribution in [0.5, 0.6) is 0 Å². The Hall–Kier alpha value is -3.07. The predicted molar refractivity (Wildman–Crippen MR) is 126 cm³/mol. The SMILES string of the molecule is CC(C)(C)OC(=O)N1CCC[C@H]1CC(=O)N[C@@H]1[C@@H](O)[C@H](O)C(Nc2ncnc3nc[nH]c23)O[C@H]1CO. The minimum atomic E-state index is -1.46. The topological polar surface area (TPSA) is 195 Å². The maximum absolute atomic E-state index is 12.9. The van der Waals surface area contributed by atoms with Crippen LogP contribution < -0.4 is 10.6 Å². The monoisotopic (exact) mass is 507 g/mol. The highest BCUT2D eigenvalue weighted by Gasteiger charge is 2.45. The molecule has 4 heterocycles. The number of aromatic amines is 1. The van der Waals surface area contributed by atoms with Gasteiger partial charge in [-0.1, -0.05) is 0 Å². The molecule has 14 nitrogen and oxygen atoms in total. The minimum absolute atomic E-state index is 0.0167. The third-order valence-corrected chi connectivity index (χ3v) is 6.19. The van der Waals surface area contributed by atoms with Crippen molar-refractivity contribution in [3.63, 3.8) is 0 Å². The predicted octanol–water partition coefficient (Wildman–Crippen LogP) is -0.522. The molecule has 6 atom stereocenters. The van der Waals surface area contributed by atoms with E-state index in [0.717, 1.165) is 6.42 Å². The van der Waals surface area contributed by atoms with Crippen molar-refractivity contribution in [1.29, 1.82) is 0 Å². The number of carbonyl (C=O) groups is 2. The number of H-pyrrole nitrogens is 1. The number of fused-ring (bicyclic) bond motifs is 1. The van der Waals surface area contributed by atoms with Crippen LogP contribution in [-0.4, -0.2) is 108 Å². The molecule has 2 saturated heterocycles. The van der Waals surface area contributed by atoms with Crippen molar-refractivity contribution in [3.8, 4) is 0 Å². The molecule has 36 heavy (non-hydrogen) atoms. The summed E-state index contributed by atoms with van der Waals surface area (Å²) in [6.45, 7) is 5.29. The highest BCUT2D eigenvalue weighted by atomic mass is 16.6. The van der Waals surface area contributed by atoms with Gasteiger partial charge in [0.25, 0.3) is 0 Å². The van der Waals surface area contributed by atoms with Crippen LogP contribution in [0.2, 0.25) is 0 Å².